The van der Waals surface area contributed by atoms with E-state index < -0.39 is 0 Å². The van der Waals surface area contributed by atoms with Gasteiger partial charge in [0.15, 0.2) is 5.13 Å². The highest BCUT2D eigenvalue weighted by Crippen LogP contribution is 2.29. The highest BCUT2D eigenvalue weighted by molar-refractivity contribution is 7.17. The molecule has 0 radical (unpaired) electrons. The van der Waals surface area contributed by atoms with Crippen molar-refractivity contribution in [2.24, 2.45) is 0 Å². The molecule has 1 aromatic heterocycles. The number of carbonyl (C=O) groups is 1. The van der Waals surface area contributed by atoms with Crippen molar-refractivity contribution >= 4 is 22.4 Å². The second-order valence-corrected chi connectivity index (χ2v) is 6.86. The van der Waals surface area contributed by atoms with Crippen LogP contribution in [0.3, 0.4) is 0 Å². The number of hydrogen-bond donors (Lipinski definition) is 3. The molecular weight excluding hydrogens is 326 g/mol. The number of aromatic hydroxyl groups is 1. The maximum absolute atomic E-state index is 12.2. The Kier molecular flexibility index (Phi) is 5.32. The summed E-state index contributed by atoms with van der Waals surface area (Å²) in [7, 11) is 0. The molecule has 2 heterocycles. The zero-order valence-electron chi connectivity index (χ0n) is 13.3. The van der Waals surface area contributed by atoms with Gasteiger partial charge in [0.1, 0.15) is 10.6 Å². The van der Waals surface area contributed by atoms with Gasteiger partial charge < -0.3 is 20.4 Å². The van der Waals surface area contributed by atoms with Gasteiger partial charge in [0.25, 0.3) is 5.91 Å². The van der Waals surface area contributed by atoms with E-state index in [-0.39, 0.29) is 24.3 Å². The fourth-order valence-electron chi connectivity index (χ4n) is 2.85. The molecule has 1 fully saturated rings. The van der Waals surface area contributed by atoms with Crippen LogP contribution in [0, 0.1) is 0 Å². The van der Waals surface area contributed by atoms with Crippen LogP contribution < -0.4 is 10.2 Å². The Bertz CT molecular complexity index is 687. The van der Waals surface area contributed by atoms with Crippen LogP contribution in [0.25, 0.3) is 0 Å². The first-order chi connectivity index (χ1) is 11.7. The van der Waals surface area contributed by atoms with Crippen LogP contribution in [0.5, 0.6) is 5.75 Å². The lowest BCUT2D eigenvalue weighted by Crippen LogP contribution is -2.31. The molecule has 128 valence electrons. The van der Waals surface area contributed by atoms with Gasteiger partial charge in [-0.1, -0.05) is 23.5 Å². The van der Waals surface area contributed by atoms with Crippen molar-refractivity contribution in [2.75, 3.05) is 24.6 Å². The minimum atomic E-state index is -0.128. The number of anilines is 1. The van der Waals surface area contributed by atoms with Gasteiger partial charge in [-0.15, -0.1) is 0 Å². The van der Waals surface area contributed by atoms with Gasteiger partial charge in [-0.3, -0.25) is 4.79 Å². The quantitative estimate of drug-likeness (QED) is 0.742. The van der Waals surface area contributed by atoms with Crippen molar-refractivity contribution in [3.8, 4) is 5.75 Å². The molecular formula is C17H21N3O3S. The van der Waals surface area contributed by atoms with Crippen LogP contribution in [0.1, 0.15) is 28.1 Å². The number of benzene rings is 1. The first-order valence-electron chi connectivity index (χ1n) is 8.07. The van der Waals surface area contributed by atoms with Crippen LogP contribution in [-0.4, -0.2) is 46.8 Å². The van der Waals surface area contributed by atoms with E-state index >= 15 is 0 Å². The molecule has 3 N–H and O–H groups in total. The third-order valence-corrected chi connectivity index (χ3v) is 5.22. The molecule has 2 aromatic rings. The largest absolute Gasteiger partial charge is 0.508 e. The number of aliphatic hydroxyl groups excluding tert-OH is 1. The molecule has 7 heteroatoms. The molecule has 6 nitrogen and oxygen atoms in total. The molecule has 1 unspecified atom stereocenters. The Morgan fingerprint density at radius 1 is 1.38 bits per heavy atom. The number of aromatic nitrogens is 1. The predicted molar refractivity (Wildman–Crippen MR) is 93.7 cm³/mol. The van der Waals surface area contributed by atoms with E-state index in [2.05, 4.69) is 15.2 Å². The predicted octanol–water partition coefficient (Wildman–Crippen LogP) is 1.78. The van der Waals surface area contributed by atoms with E-state index in [1.165, 1.54) is 11.3 Å². The number of nitrogens with one attached hydrogen (secondary N) is 1. The topological polar surface area (TPSA) is 85.7 Å². The van der Waals surface area contributed by atoms with Gasteiger partial charge in [-0.2, -0.15) is 0 Å². The third-order valence-electron chi connectivity index (χ3n) is 4.19. The number of rotatable bonds is 6. The van der Waals surface area contributed by atoms with Crippen LogP contribution >= 0.6 is 11.3 Å². The number of hydrogen-bond acceptors (Lipinski definition) is 6. The summed E-state index contributed by atoms with van der Waals surface area (Å²) in [5.41, 5.74) is 1.06. The number of nitrogens with zero attached hydrogens (tertiary/aromatic N) is 2. The normalized spacial score (nSPS) is 17.2. The number of phenolic OH excluding ortho intramolecular Hbond substituents is 1. The molecule has 1 aliphatic rings. The van der Waals surface area contributed by atoms with Crippen LogP contribution in [-0.2, 0) is 6.42 Å². The smallest absolute Gasteiger partial charge is 0.263 e. The third kappa shape index (κ3) is 3.85. The molecule has 0 saturated carbocycles. The van der Waals surface area contributed by atoms with Crippen molar-refractivity contribution in [1.29, 1.82) is 0 Å². The maximum atomic E-state index is 12.2. The molecule has 24 heavy (non-hydrogen) atoms. The fraction of sp³-hybridized carbons (Fsp3) is 0.412. The summed E-state index contributed by atoms with van der Waals surface area (Å²) in [5, 5.41) is 22.3. The Hall–Kier alpha value is -2.12. The minimum Gasteiger partial charge on any atom is -0.508 e. The lowest BCUT2D eigenvalue weighted by Gasteiger charge is -2.21. The molecule has 3 rings (SSSR count). The highest BCUT2D eigenvalue weighted by Gasteiger charge is 2.26. The summed E-state index contributed by atoms with van der Waals surface area (Å²) < 4.78 is 0. The van der Waals surface area contributed by atoms with Gasteiger partial charge in [-0.05, 0) is 37.0 Å². The Morgan fingerprint density at radius 3 is 2.92 bits per heavy atom. The van der Waals surface area contributed by atoms with E-state index in [0.29, 0.717) is 17.8 Å². The van der Waals surface area contributed by atoms with Gasteiger partial charge in [-0.25, -0.2) is 4.98 Å². The first kappa shape index (κ1) is 16.7. The fourth-order valence-corrected chi connectivity index (χ4v) is 3.78. The number of amides is 1. The molecule has 0 bridgehead atoms. The molecule has 0 aliphatic carbocycles. The minimum absolute atomic E-state index is 0.113. The molecule has 1 saturated heterocycles. The average molecular weight is 347 g/mol. The van der Waals surface area contributed by atoms with Crippen LogP contribution in [0.2, 0.25) is 0 Å². The average Bonchev–Trinajstić information content (AvgIpc) is 3.25. The first-order valence-corrected chi connectivity index (χ1v) is 8.88. The number of thiazole rings is 1. The molecule has 1 aromatic carbocycles. The van der Waals surface area contributed by atoms with Crippen molar-refractivity contribution < 1.29 is 15.0 Å². The van der Waals surface area contributed by atoms with E-state index in [9.17, 15) is 15.0 Å². The van der Waals surface area contributed by atoms with Crippen molar-refractivity contribution in [1.82, 2.24) is 10.3 Å². The number of aliphatic hydroxyl groups is 1. The highest BCUT2D eigenvalue weighted by atomic mass is 32.1. The Labute approximate surface area is 144 Å². The molecule has 1 amide bonds. The summed E-state index contributed by atoms with van der Waals surface area (Å²) in [6, 6.07) is 7.07. The zero-order chi connectivity index (χ0) is 16.9. The van der Waals surface area contributed by atoms with E-state index in [4.69, 9.17) is 0 Å². The van der Waals surface area contributed by atoms with Gasteiger partial charge in [0, 0.05) is 13.1 Å². The molecule has 1 atom stereocenters. The van der Waals surface area contributed by atoms with E-state index in [1.807, 2.05) is 12.1 Å². The molecule has 0 spiro atoms. The summed E-state index contributed by atoms with van der Waals surface area (Å²) >= 11 is 1.36. The second-order valence-electron chi connectivity index (χ2n) is 5.85. The second kappa shape index (κ2) is 7.63. The standard InChI is InChI=1S/C17H21N3O3S/c21-11-13-2-1-9-20(13)17-19-10-15(24-17)16(23)18-8-7-12-3-5-14(22)6-4-12/h3-6,10,13,21-22H,1-2,7-9,11H2,(H,18,23). The zero-order valence-corrected chi connectivity index (χ0v) is 14.1. The maximum Gasteiger partial charge on any atom is 0.263 e. The van der Waals surface area contributed by atoms with Crippen molar-refractivity contribution in [3.63, 3.8) is 0 Å². The van der Waals surface area contributed by atoms with Gasteiger partial charge in [0.2, 0.25) is 0 Å². The van der Waals surface area contributed by atoms with Crippen molar-refractivity contribution in [2.45, 2.75) is 25.3 Å². The van der Waals surface area contributed by atoms with Crippen molar-refractivity contribution in [3.05, 3.63) is 40.9 Å². The lowest BCUT2D eigenvalue weighted by molar-refractivity contribution is 0.0958. The van der Waals surface area contributed by atoms with Crippen LogP contribution in [0.4, 0.5) is 5.13 Å². The number of phenols is 1. The Morgan fingerprint density at radius 2 is 2.17 bits per heavy atom. The van der Waals surface area contributed by atoms with Gasteiger partial charge >= 0.3 is 0 Å². The van der Waals surface area contributed by atoms with Gasteiger partial charge in [0.05, 0.1) is 18.8 Å². The summed E-state index contributed by atoms with van der Waals surface area (Å²) in [5.74, 6) is 0.111. The van der Waals surface area contributed by atoms with E-state index in [1.54, 1.807) is 18.3 Å². The summed E-state index contributed by atoms with van der Waals surface area (Å²) in [6.45, 7) is 1.52. The Balaban J connectivity index is 1.53. The monoisotopic (exact) mass is 347 g/mol. The summed E-state index contributed by atoms with van der Waals surface area (Å²) in [4.78, 5) is 19.2. The SMILES string of the molecule is O=C(NCCc1ccc(O)cc1)c1cnc(N2CCCC2CO)s1. The van der Waals surface area contributed by atoms with Crippen LogP contribution in [0.15, 0.2) is 30.5 Å². The van der Waals surface area contributed by atoms with E-state index in [0.717, 1.165) is 30.1 Å². The number of carbonyl (C=O) groups excluding carboxylic acids is 1. The lowest BCUT2D eigenvalue weighted by atomic mass is 10.1. The summed E-state index contributed by atoms with van der Waals surface area (Å²) in [6.07, 6.45) is 4.31. The molecule has 1 aliphatic heterocycles.